The third-order valence-corrected chi connectivity index (χ3v) is 1.41. The Balaban J connectivity index is 2.93. The first-order chi connectivity index (χ1) is 5.65. The molecule has 1 N–H and O–H groups in total. The van der Waals surface area contributed by atoms with Crippen LogP contribution in [0.4, 0.5) is 0 Å². The Morgan fingerprint density at radius 3 is 2.83 bits per heavy atom. The van der Waals surface area contributed by atoms with Crippen molar-refractivity contribution >= 4 is 5.78 Å². The molecular formula is C8H9NO3. The highest BCUT2D eigenvalue weighted by atomic mass is 16.5. The highest BCUT2D eigenvalue weighted by Crippen LogP contribution is 2.07. The summed E-state index contributed by atoms with van der Waals surface area (Å²) in [7, 11) is 0. The minimum absolute atomic E-state index is 0.218. The largest absolute Gasteiger partial charge is 0.515 e. The van der Waals surface area contributed by atoms with Gasteiger partial charge in [-0.3, -0.25) is 4.79 Å². The minimum atomic E-state index is -0.325. The molecule has 0 bridgehead atoms. The molecule has 1 heterocycles. The number of carbonyl (C=O) groups is 1. The van der Waals surface area contributed by atoms with Crippen molar-refractivity contribution in [3.63, 3.8) is 0 Å². The molecule has 4 heteroatoms. The number of Topliss-reactive ketones (excluding diaryl/α,β-unsaturated/α-hetero) is 1. The van der Waals surface area contributed by atoms with Gasteiger partial charge in [-0.1, -0.05) is 5.16 Å². The molecule has 0 aliphatic carbocycles. The fourth-order valence-electron chi connectivity index (χ4n) is 0.734. The lowest BCUT2D eigenvalue weighted by Crippen LogP contribution is -2.00. The number of nitrogens with zero attached hydrogens (tertiary/aromatic N) is 1. The normalized spacial score (nSPS) is 11.7. The van der Waals surface area contributed by atoms with Crippen LogP contribution in [0.5, 0.6) is 0 Å². The van der Waals surface area contributed by atoms with E-state index in [2.05, 4.69) is 5.16 Å². The van der Waals surface area contributed by atoms with E-state index in [1.54, 1.807) is 6.92 Å². The Bertz CT molecular complexity index is 325. The summed E-state index contributed by atoms with van der Waals surface area (Å²) in [5.74, 6) is 0.249. The molecule has 12 heavy (non-hydrogen) atoms. The number of aliphatic hydroxyl groups is 1. The predicted molar refractivity (Wildman–Crippen MR) is 42.0 cm³/mol. The molecule has 0 aromatic carbocycles. The van der Waals surface area contributed by atoms with Crippen molar-refractivity contribution in [1.29, 1.82) is 0 Å². The molecule has 0 unspecified atom stereocenters. The summed E-state index contributed by atoms with van der Waals surface area (Å²) in [5, 5.41) is 12.0. The van der Waals surface area contributed by atoms with Gasteiger partial charge in [-0.25, -0.2) is 0 Å². The van der Waals surface area contributed by atoms with Gasteiger partial charge in [0.25, 0.3) is 0 Å². The van der Waals surface area contributed by atoms with Gasteiger partial charge >= 0.3 is 0 Å². The van der Waals surface area contributed by atoms with Crippen molar-refractivity contribution in [1.82, 2.24) is 5.16 Å². The summed E-state index contributed by atoms with van der Waals surface area (Å²) in [6, 6.07) is 1.52. The van der Waals surface area contributed by atoms with Gasteiger partial charge in [-0.2, -0.15) is 0 Å². The molecule has 0 aliphatic rings. The lowest BCUT2D eigenvalue weighted by Gasteiger charge is -1.90. The van der Waals surface area contributed by atoms with Crippen LogP contribution in [0.3, 0.4) is 0 Å². The molecule has 0 aliphatic heterocycles. The maximum atomic E-state index is 11.2. The molecule has 64 valence electrons. The van der Waals surface area contributed by atoms with E-state index >= 15 is 0 Å². The van der Waals surface area contributed by atoms with Crippen LogP contribution in [0.25, 0.3) is 0 Å². The molecule has 0 amide bonds. The molecule has 0 spiro atoms. The molecule has 0 saturated carbocycles. The summed E-state index contributed by atoms with van der Waals surface area (Å²) < 4.78 is 4.70. The van der Waals surface area contributed by atoms with Crippen molar-refractivity contribution < 1.29 is 14.4 Å². The van der Waals surface area contributed by atoms with Gasteiger partial charge in [0.1, 0.15) is 5.76 Å². The third-order valence-electron chi connectivity index (χ3n) is 1.41. The summed E-state index contributed by atoms with van der Waals surface area (Å²) in [4.78, 5) is 11.2. The number of aliphatic hydroxyl groups excluding tert-OH is 1. The summed E-state index contributed by atoms with van der Waals surface area (Å²) in [5.41, 5.74) is 0.457. The van der Waals surface area contributed by atoms with Crippen LogP contribution >= 0.6 is 0 Å². The Labute approximate surface area is 69.5 Å². The summed E-state index contributed by atoms with van der Waals surface area (Å²) in [6.45, 7) is 3.20. The van der Waals surface area contributed by atoms with E-state index in [0.29, 0.717) is 5.76 Å². The van der Waals surface area contributed by atoms with Crippen LogP contribution < -0.4 is 0 Å². The zero-order chi connectivity index (χ0) is 9.14. The molecule has 1 rings (SSSR count). The highest BCUT2D eigenvalue weighted by molar-refractivity contribution is 6.06. The molecule has 4 nitrogen and oxygen atoms in total. The number of ketones is 1. The fraction of sp³-hybridized carbons (Fsp3) is 0.250. The summed E-state index contributed by atoms with van der Waals surface area (Å²) in [6.07, 6.45) is 0.756. The van der Waals surface area contributed by atoms with Gasteiger partial charge in [0.15, 0.2) is 5.69 Å². The fourth-order valence-corrected chi connectivity index (χ4v) is 0.734. The van der Waals surface area contributed by atoms with Crippen molar-refractivity contribution in [3.8, 4) is 0 Å². The van der Waals surface area contributed by atoms with E-state index in [4.69, 9.17) is 9.63 Å². The van der Waals surface area contributed by atoms with Gasteiger partial charge in [0.05, 0.1) is 6.26 Å². The number of allylic oxidation sites excluding steroid dienone is 1. The Morgan fingerprint density at radius 2 is 2.42 bits per heavy atom. The van der Waals surface area contributed by atoms with Crippen LogP contribution in [0.15, 0.2) is 22.4 Å². The number of carbonyl (C=O) groups excluding carboxylic acids is 1. The topological polar surface area (TPSA) is 63.3 Å². The lowest BCUT2D eigenvalue weighted by molar-refractivity contribution is 0.102. The van der Waals surface area contributed by atoms with E-state index in [9.17, 15) is 4.79 Å². The zero-order valence-corrected chi connectivity index (χ0v) is 6.87. The van der Waals surface area contributed by atoms with Gasteiger partial charge in [0, 0.05) is 11.6 Å². The van der Waals surface area contributed by atoms with E-state index in [1.165, 1.54) is 13.0 Å². The second-order valence-corrected chi connectivity index (χ2v) is 2.46. The molecule has 0 fully saturated rings. The average molecular weight is 167 g/mol. The highest BCUT2D eigenvalue weighted by Gasteiger charge is 2.12. The quantitative estimate of drug-likeness (QED) is 0.413. The van der Waals surface area contributed by atoms with Crippen molar-refractivity contribution in [3.05, 3.63) is 29.4 Å². The van der Waals surface area contributed by atoms with Gasteiger partial charge in [0.2, 0.25) is 5.78 Å². The standard InChI is InChI=1S/C8H9NO3/c1-5(4-10)8(11)7-3-6(2)12-9-7/h3-4,10H,1-2H3/b5-4+. The van der Waals surface area contributed by atoms with E-state index < -0.39 is 0 Å². The van der Waals surface area contributed by atoms with Crippen molar-refractivity contribution in [2.45, 2.75) is 13.8 Å². The van der Waals surface area contributed by atoms with Crippen LogP contribution in [0.1, 0.15) is 23.2 Å². The van der Waals surface area contributed by atoms with E-state index in [-0.39, 0.29) is 17.1 Å². The molecule has 0 atom stereocenters. The molecule has 0 saturated heterocycles. The predicted octanol–water partition coefficient (Wildman–Crippen LogP) is 1.63. The second kappa shape index (κ2) is 3.21. The Kier molecular flexibility index (Phi) is 2.28. The SMILES string of the molecule is C/C(=C\O)C(=O)c1cc(C)on1. The smallest absolute Gasteiger partial charge is 0.213 e. The first kappa shape index (κ1) is 8.52. The van der Waals surface area contributed by atoms with Gasteiger partial charge in [-0.05, 0) is 13.8 Å². The van der Waals surface area contributed by atoms with Crippen LogP contribution in [0, 0.1) is 6.92 Å². The Hall–Kier alpha value is -1.58. The first-order valence-electron chi connectivity index (χ1n) is 3.44. The van der Waals surface area contributed by atoms with Crippen molar-refractivity contribution in [2.24, 2.45) is 0 Å². The number of hydrogen-bond donors (Lipinski definition) is 1. The molecule has 0 radical (unpaired) electrons. The number of aryl methyl sites for hydroxylation is 1. The molecule has 1 aromatic rings. The van der Waals surface area contributed by atoms with E-state index in [0.717, 1.165) is 6.26 Å². The van der Waals surface area contributed by atoms with Crippen LogP contribution in [-0.2, 0) is 0 Å². The number of aromatic nitrogens is 1. The molecule has 1 aromatic heterocycles. The number of rotatable bonds is 2. The number of hydrogen-bond acceptors (Lipinski definition) is 4. The maximum Gasteiger partial charge on any atom is 0.213 e. The third kappa shape index (κ3) is 1.53. The van der Waals surface area contributed by atoms with E-state index in [1.807, 2.05) is 0 Å². The van der Waals surface area contributed by atoms with Gasteiger partial charge < -0.3 is 9.63 Å². The summed E-state index contributed by atoms with van der Waals surface area (Å²) >= 11 is 0. The lowest BCUT2D eigenvalue weighted by atomic mass is 10.1. The monoisotopic (exact) mass is 167 g/mol. The Morgan fingerprint density at radius 1 is 1.75 bits per heavy atom. The maximum absolute atomic E-state index is 11.2. The van der Waals surface area contributed by atoms with Crippen LogP contribution in [0.2, 0.25) is 0 Å². The van der Waals surface area contributed by atoms with Crippen LogP contribution in [-0.4, -0.2) is 16.0 Å². The first-order valence-corrected chi connectivity index (χ1v) is 3.44. The minimum Gasteiger partial charge on any atom is -0.515 e. The van der Waals surface area contributed by atoms with Crippen molar-refractivity contribution in [2.75, 3.05) is 0 Å². The van der Waals surface area contributed by atoms with Gasteiger partial charge in [-0.15, -0.1) is 0 Å². The zero-order valence-electron chi connectivity index (χ0n) is 6.87. The second-order valence-electron chi connectivity index (χ2n) is 2.46. The molecular weight excluding hydrogens is 158 g/mol. The average Bonchev–Trinajstić information content (AvgIpc) is 2.49.